The zero-order chi connectivity index (χ0) is 19.1. The lowest BCUT2D eigenvalue weighted by Crippen LogP contribution is -2.42. The van der Waals surface area contributed by atoms with Gasteiger partial charge in [-0.15, -0.1) is 11.3 Å². The van der Waals surface area contributed by atoms with Crippen molar-refractivity contribution in [1.82, 2.24) is 20.5 Å². The summed E-state index contributed by atoms with van der Waals surface area (Å²) in [6.07, 6.45) is 0.870. The van der Waals surface area contributed by atoms with Gasteiger partial charge in [-0.3, -0.25) is 4.99 Å². The highest BCUT2D eigenvalue weighted by Crippen LogP contribution is 2.18. The first-order chi connectivity index (χ1) is 12.4. The SMILES string of the molecule is CN=C(NCCc1nc(C)c(C)s1)NCC(c1ccc(F)cc1)N(C)C. The van der Waals surface area contributed by atoms with Gasteiger partial charge in [-0.1, -0.05) is 12.1 Å². The maximum Gasteiger partial charge on any atom is 0.191 e. The lowest BCUT2D eigenvalue weighted by atomic mass is 10.1. The molecule has 7 heteroatoms. The lowest BCUT2D eigenvalue weighted by molar-refractivity contribution is 0.298. The molecule has 0 fully saturated rings. The van der Waals surface area contributed by atoms with Crippen molar-refractivity contribution in [1.29, 1.82) is 0 Å². The quantitative estimate of drug-likeness (QED) is 0.575. The molecule has 1 aromatic carbocycles. The number of rotatable bonds is 7. The van der Waals surface area contributed by atoms with E-state index in [1.165, 1.54) is 17.0 Å². The number of guanidine groups is 1. The Labute approximate surface area is 159 Å². The van der Waals surface area contributed by atoms with Crippen molar-refractivity contribution < 1.29 is 4.39 Å². The molecule has 0 amide bonds. The van der Waals surface area contributed by atoms with Crippen LogP contribution < -0.4 is 10.6 Å². The van der Waals surface area contributed by atoms with Crippen LogP contribution in [0.4, 0.5) is 4.39 Å². The van der Waals surface area contributed by atoms with E-state index in [0.717, 1.165) is 35.2 Å². The average molecular weight is 378 g/mol. The first-order valence-electron chi connectivity index (χ1n) is 8.70. The maximum atomic E-state index is 13.2. The van der Waals surface area contributed by atoms with Gasteiger partial charge in [-0.2, -0.15) is 0 Å². The maximum absolute atomic E-state index is 13.2. The number of benzene rings is 1. The smallest absolute Gasteiger partial charge is 0.191 e. The number of thiazole rings is 1. The van der Waals surface area contributed by atoms with Crippen LogP contribution in [0.1, 0.15) is 27.2 Å². The molecule has 0 aliphatic rings. The normalized spacial score (nSPS) is 13.1. The largest absolute Gasteiger partial charge is 0.356 e. The number of nitrogens with zero attached hydrogens (tertiary/aromatic N) is 3. The molecule has 0 saturated heterocycles. The topological polar surface area (TPSA) is 52.6 Å². The molecular weight excluding hydrogens is 349 g/mol. The summed E-state index contributed by atoms with van der Waals surface area (Å²) in [4.78, 5) is 12.2. The molecule has 1 atom stereocenters. The second-order valence-corrected chi connectivity index (χ2v) is 7.70. The van der Waals surface area contributed by atoms with E-state index in [1.807, 2.05) is 33.2 Å². The summed E-state index contributed by atoms with van der Waals surface area (Å²) in [5.41, 5.74) is 2.17. The summed E-state index contributed by atoms with van der Waals surface area (Å²) >= 11 is 1.75. The van der Waals surface area contributed by atoms with Crippen LogP contribution in [-0.4, -0.2) is 50.1 Å². The van der Waals surface area contributed by atoms with E-state index < -0.39 is 0 Å². The van der Waals surface area contributed by atoms with E-state index >= 15 is 0 Å². The average Bonchev–Trinajstić information content (AvgIpc) is 2.92. The molecule has 0 aliphatic heterocycles. The van der Waals surface area contributed by atoms with Crippen LogP contribution in [0.3, 0.4) is 0 Å². The fraction of sp³-hybridized carbons (Fsp3) is 0.474. The zero-order valence-electron chi connectivity index (χ0n) is 16.1. The first-order valence-corrected chi connectivity index (χ1v) is 9.51. The summed E-state index contributed by atoms with van der Waals surface area (Å²) in [5, 5.41) is 7.82. The fourth-order valence-corrected chi connectivity index (χ4v) is 3.56. The van der Waals surface area contributed by atoms with Gasteiger partial charge in [-0.05, 0) is 45.6 Å². The van der Waals surface area contributed by atoms with Crippen molar-refractivity contribution in [2.24, 2.45) is 4.99 Å². The summed E-state index contributed by atoms with van der Waals surface area (Å²) in [5.74, 6) is 0.535. The zero-order valence-corrected chi connectivity index (χ0v) is 17.0. The van der Waals surface area contributed by atoms with Gasteiger partial charge in [0.05, 0.1) is 16.7 Å². The second-order valence-electron chi connectivity index (χ2n) is 6.41. The summed E-state index contributed by atoms with van der Waals surface area (Å²) in [7, 11) is 5.79. The van der Waals surface area contributed by atoms with Gasteiger partial charge in [0, 0.05) is 31.4 Å². The van der Waals surface area contributed by atoms with Gasteiger partial charge in [0.15, 0.2) is 5.96 Å². The number of nitrogens with one attached hydrogen (secondary N) is 2. The summed E-state index contributed by atoms with van der Waals surface area (Å²) in [6.45, 7) is 5.59. The highest BCUT2D eigenvalue weighted by molar-refractivity contribution is 7.11. The van der Waals surface area contributed by atoms with Crippen LogP contribution in [0.15, 0.2) is 29.3 Å². The summed E-state index contributed by atoms with van der Waals surface area (Å²) in [6, 6.07) is 6.77. The molecule has 1 aromatic heterocycles. The molecule has 0 saturated carbocycles. The second kappa shape index (κ2) is 9.64. The van der Waals surface area contributed by atoms with Crippen LogP contribution in [0, 0.1) is 19.7 Å². The molecule has 0 bridgehead atoms. The van der Waals surface area contributed by atoms with E-state index in [2.05, 4.69) is 32.4 Å². The highest BCUT2D eigenvalue weighted by Gasteiger charge is 2.14. The molecular formula is C19H28FN5S. The molecule has 1 heterocycles. The molecule has 142 valence electrons. The van der Waals surface area contributed by atoms with Crippen molar-refractivity contribution in [2.45, 2.75) is 26.3 Å². The van der Waals surface area contributed by atoms with E-state index in [0.29, 0.717) is 6.54 Å². The molecule has 26 heavy (non-hydrogen) atoms. The molecule has 2 aromatic rings. The molecule has 0 spiro atoms. The Bertz CT molecular complexity index is 705. The van der Waals surface area contributed by atoms with Gasteiger partial charge in [0.25, 0.3) is 0 Å². The third kappa shape index (κ3) is 5.78. The van der Waals surface area contributed by atoms with Gasteiger partial charge in [0.1, 0.15) is 5.82 Å². The van der Waals surface area contributed by atoms with Crippen molar-refractivity contribution >= 4 is 17.3 Å². The number of hydrogen-bond donors (Lipinski definition) is 2. The van der Waals surface area contributed by atoms with Gasteiger partial charge < -0.3 is 15.5 Å². The van der Waals surface area contributed by atoms with Gasteiger partial charge >= 0.3 is 0 Å². The van der Waals surface area contributed by atoms with Crippen molar-refractivity contribution in [3.63, 3.8) is 0 Å². The van der Waals surface area contributed by atoms with Crippen LogP contribution in [0.25, 0.3) is 0 Å². The van der Waals surface area contributed by atoms with E-state index in [4.69, 9.17) is 0 Å². The minimum atomic E-state index is -0.218. The highest BCUT2D eigenvalue weighted by atomic mass is 32.1. The van der Waals surface area contributed by atoms with Gasteiger partial charge in [-0.25, -0.2) is 9.37 Å². The van der Waals surface area contributed by atoms with E-state index in [-0.39, 0.29) is 11.9 Å². The Morgan fingerprint density at radius 3 is 2.46 bits per heavy atom. The number of aryl methyl sites for hydroxylation is 2. The van der Waals surface area contributed by atoms with Crippen LogP contribution in [0.5, 0.6) is 0 Å². The van der Waals surface area contributed by atoms with E-state index in [1.54, 1.807) is 18.4 Å². The third-order valence-electron chi connectivity index (χ3n) is 4.27. The first kappa shape index (κ1) is 20.3. The Morgan fingerprint density at radius 2 is 1.92 bits per heavy atom. The van der Waals surface area contributed by atoms with E-state index in [9.17, 15) is 4.39 Å². The standard InChI is InChI=1S/C19H28FN5S/c1-13-14(2)26-18(24-13)10-11-22-19(21-3)23-12-17(25(4)5)15-6-8-16(20)9-7-15/h6-9,17H,10-12H2,1-5H3,(H2,21,22,23). The number of likely N-dealkylation sites (N-methyl/N-ethyl adjacent to an activating group) is 1. The van der Waals surface area contributed by atoms with Crippen molar-refractivity contribution in [3.05, 3.63) is 51.2 Å². The molecule has 2 N–H and O–H groups in total. The molecule has 5 nitrogen and oxygen atoms in total. The Balaban J connectivity index is 1.86. The predicted octanol–water partition coefficient (Wildman–Crippen LogP) is 2.91. The number of hydrogen-bond acceptors (Lipinski definition) is 4. The fourth-order valence-electron chi connectivity index (χ4n) is 2.63. The number of halogens is 1. The van der Waals surface area contributed by atoms with Crippen molar-refractivity contribution in [3.8, 4) is 0 Å². The molecule has 0 radical (unpaired) electrons. The predicted molar refractivity (Wildman–Crippen MR) is 107 cm³/mol. The number of aromatic nitrogens is 1. The minimum Gasteiger partial charge on any atom is -0.356 e. The molecule has 2 rings (SSSR count). The van der Waals surface area contributed by atoms with Crippen molar-refractivity contribution in [2.75, 3.05) is 34.2 Å². The Morgan fingerprint density at radius 1 is 1.23 bits per heavy atom. The monoisotopic (exact) mass is 377 g/mol. The Hall–Kier alpha value is -1.99. The third-order valence-corrected chi connectivity index (χ3v) is 5.40. The van der Waals surface area contributed by atoms with Crippen LogP contribution in [0.2, 0.25) is 0 Å². The molecule has 1 unspecified atom stereocenters. The van der Waals surface area contributed by atoms with Crippen LogP contribution in [-0.2, 0) is 6.42 Å². The summed E-state index contributed by atoms with van der Waals surface area (Å²) < 4.78 is 13.2. The van der Waals surface area contributed by atoms with Crippen LogP contribution >= 0.6 is 11.3 Å². The molecule has 0 aliphatic carbocycles. The lowest BCUT2D eigenvalue weighted by Gasteiger charge is -2.26. The Kier molecular flexibility index (Phi) is 7.53. The van der Waals surface area contributed by atoms with Gasteiger partial charge in [0.2, 0.25) is 0 Å². The minimum absolute atomic E-state index is 0.124. The number of aliphatic imine (C=N–C) groups is 1.